The highest BCUT2D eigenvalue weighted by Crippen LogP contribution is 2.33. The molecule has 0 aliphatic carbocycles. The van der Waals surface area contributed by atoms with Crippen LogP contribution in [0.2, 0.25) is 0 Å². The second-order valence-corrected chi connectivity index (χ2v) is 8.60. The maximum atomic E-state index is 12.6. The lowest BCUT2D eigenvalue weighted by Gasteiger charge is -2.17. The molecule has 0 radical (unpaired) electrons. The number of anilines is 1. The van der Waals surface area contributed by atoms with Gasteiger partial charge in [0.2, 0.25) is 5.95 Å². The van der Waals surface area contributed by atoms with Gasteiger partial charge >= 0.3 is 0 Å². The molecule has 36 heavy (non-hydrogen) atoms. The number of benzene rings is 3. The third-order valence-corrected chi connectivity index (χ3v) is 6.41. The van der Waals surface area contributed by atoms with E-state index in [1.54, 1.807) is 0 Å². The lowest BCUT2D eigenvalue weighted by atomic mass is 9.97. The number of hydrogen-bond donors (Lipinski definition) is 5. The van der Waals surface area contributed by atoms with Gasteiger partial charge in [-0.2, -0.15) is 4.98 Å². The minimum atomic E-state index is -1.43. The highest BCUT2D eigenvalue weighted by molar-refractivity contribution is 6.04. The SMILES string of the molecule is Nc1nc2c(nc(C#Cc3c4ccccc4cc4ccccc34)n2[C@@H]2O[C@H](CO)[C@@H](O)[C@H]2O)c(=O)[nH]1. The minimum absolute atomic E-state index is 0.0400. The summed E-state index contributed by atoms with van der Waals surface area (Å²) in [6.45, 7) is -0.513. The number of H-pyrrole nitrogens is 1. The van der Waals surface area contributed by atoms with Crippen LogP contribution in [-0.4, -0.2) is 59.8 Å². The predicted octanol–water partition coefficient (Wildman–Crippen LogP) is 1.02. The summed E-state index contributed by atoms with van der Waals surface area (Å²) >= 11 is 0. The molecule has 1 aliphatic rings. The van der Waals surface area contributed by atoms with Crippen molar-refractivity contribution in [1.29, 1.82) is 0 Å². The van der Waals surface area contributed by atoms with Crippen molar-refractivity contribution in [1.82, 2.24) is 19.5 Å². The molecule has 2 aromatic heterocycles. The van der Waals surface area contributed by atoms with Gasteiger partial charge in [-0.15, -0.1) is 0 Å². The van der Waals surface area contributed by atoms with Crippen molar-refractivity contribution in [3.05, 3.63) is 76.3 Å². The first kappa shape index (κ1) is 22.2. The number of nitrogens with one attached hydrogen (secondary N) is 1. The maximum Gasteiger partial charge on any atom is 0.280 e. The molecule has 6 rings (SSSR count). The zero-order valence-electron chi connectivity index (χ0n) is 18.8. The molecule has 1 fully saturated rings. The van der Waals surface area contributed by atoms with Gasteiger partial charge in [-0.1, -0.05) is 54.5 Å². The summed E-state index contributed by atoms with van der Waals surface area (Å²) in [5.74, 6) is 6.16. The fourth-order valence-corrected chi connectivity index (χ4v) is 4.69. The number of aromatic nitrogens is 4. The molecule has 5 aromatic rings. The molecule has 0 spiro atoms. The number of nitrogens with two attached hydrogens (primary N) is 1. The van der Waals surface area contributed by atoms with E-state index in [0.29, 0.717) is 0 Å². The topological polar surface area (TPSA) is 160 Å². The van der Waals surface area contributed by atoms with E-state index in [0.717, 1.165) is 27.1 Å². The summed E-state index contributed by atoms with van der Waals surface area (Å²) in [5, 5.41) is 34.5. The molecule has 1 aliphatic heterocycles. The summed E-state index contributed by atoms with van der Waals surface area (Å²) in [4.78, 5) is 23.5. The van der Waals surface area contributed by atoms with Crippen molar-refractivity contribution in [2.24, 2.45) is 0 Å². The summed E-state index contributed by atoms with van der Waals surface area (Å²) < 4.78 is 7.05. The minimum Gasteiger partial charge on any atom is -0.394 e. The fourth-order valence-electron chi connectivity index (χ4n) is 4.69. The summed E-state index contributed by atoms with van der Waals surface area (Å²) in [6, 6.07) is 17.8. The van der Waals surface area contributed by atoms with Crippen molar-refractivity contribution >= 4 is 38.7 Å². The van der Waals surface area contributed by atoms with Crippen LogP contribution < -0.4 is 11.3 Å². The number of aliphatic hydroxyl groups is 3. The van der Waals surface area contributed by atoms with E-state index in [4.69, 9.17) is 10.5 Å². The zero-order chi connectivity index (χ0) is 25.0. The molecule has 0 amide bonds. The molecule has 10 nitrogen and oxygen atoms in total. The van der Waals surface area contributed by atoms with Gasteiger partial charge in [0, 0.05) is 5.56 Å². The van der Waals surface area contributed by atoms with Crippen LogP contribution in [0.3, 0.4) is 0 Å². The van der Waals surface area contributed by atoms with Gasteiger partial charge in [-0.25, -0.2) is 4.98 Å². The Bertz CT molecular complexity index is 1710. The summed E-state index contributed by atoms with van der Waals surface area (Å²) in [6.07, 6.45) is -5.03. The second-order valence-electron chi connectivity index (χ2n) is 8.60. The Kier molecular flexibility index (Phi) is 5.21. The van der Waals surface area contributed by atoms with Gasteiger partial charge in [-0.05, 0) is 33.5 Å². The van der Waals surface area contributed by atoms with Crippen LogP contribution in [0, 0.1) is 11.8 Å². The highest BCUT2D eigenvalue weighted by Gasteiger charge is 2.45. The zero-order valence-corrected chi connectivity index (χ0v) is 18.8. The van der Waals surface area contributed by atoms with Crippen LogP contribution in [0.5, 0.6) is 0 Å². The van der Waals surface area contributed by atoms with Crippen LogP contribution in [-0.2, 0) is 4.74 Å². The third-order valence-electron chi connectivity index (χ3n) is 6.41. The number of fused-ring (bicyclic) bond motifs is 3. The molecule has 3 aromatic carbocycles. The molecule has 4 atom stereocenters. The smallest absolute Gasteiger partial charge is 0.280 e. The molecule has 6 N–H and O–H groups in total. The van der Waals surface area contributed by atoms with E-state index < -0.39 is 36.7 Å². The first-order valence-corrected chi connectivity index (χ1v) is 11.3. The first-order chi connectivity index (χ1) is 17.5. The normalized spacial score (nSPS) is 21.8. The number of nitrogen functional groups attached to an aromatic ring is 1. The standard InChI is InChI=1S/C26H21N5O5/c27-26-29-23-20(24(35)30-26)28-19(31(23)25-22(34)21(33)18(12-32)36-25)10-9-17-15-7-3-1-5-13(15)11-14-6-2-4-8-16(14)17/h1-8,11,18,21-22,25,32-34H,12H2,(H3,27,29,30,35)/t18-,21-,22-,25-/m1/s1. The van der Waals surface area contributed by atoms with Crippen LogP contribution in [0.25, 0.3) is 32.7 Å². The van der Waals surface area contributed by atoms with Gasteiger partial charge in [0.1, 0.15) is 18.3 Å². The number of aliphatic hydroxyl groups excluding tert-OH is 3. The van der Waals surface area contributed by atoms with Crippen LogP contribution in [0.1, 0.15) is 17.6 Å². The molecule has 0 unspecified atom stereocenters. The van der Waals surface area contributed by atoms with Crippen LogP contribution in [0.15, 0.2) is 59.4 Å². The fraction of sp³-hybridized carbons (Fsp3) is 0.192. The van der Waals surface area contributed by atoms with Gasteiger partial charge in [0.05, 0.1) is 6.61 Å². The Morgan fingerprint density at radius 2 is 1.67 bits per heavy atom. The maximum absolute atomic E-state index is 12.6. The lowest BCUT2D eigenvalue weighted by Crippen LogP contribution is -2.33. The number of rotatable bonds is 2. The Balaban J connectivity index is 1.61. The quantitative estimate of drug-likeness (QED) is 0.184. The third kappa shape index (κ3) is 3.42. The molecule has 3 heterocycles. The van der Waals surface area contributed by atoms with E-state index in [1.807, 2.05) is 48.5 Å². The number of nitrogens with zero attached hydrogens (tertiary/aromatic N) is 3. The average molecular weight is 483 g/mol. The average Bonchev–Trinajstić information content (AvgIpc) is 3.38. The van der Waals surface area contributed by atoms with Crippen molar-refractivity contribution in [2.45, 2.75) is 24.5 Å². The summed E-state index contributed by atoms with van der Waals surface area (Å²) in [7, 11) is 0. The van der Waals surface area contributed by atoms with Crippen molar-refractivity contribution in [2.75, 3.05) is 12.3 Å². The Hall–Kier alpha value is -4.27. The number of imidazole rings is 1. The van der Waals surface area contributed by atoms with Gasteiger partial charge < -0.3 is 25.8 Å². The van der Waals surface area contributed by atoms with Gasteiger partial charge in [0.25, 0.3) is 5.56 Å². The number of ether oxygens (including phenoxy) is 1. The molecule has 0 saturated carbocycles. The number of hydrogen-bond acceptors (Lipinski definition) is 8. The largest absolute Gasteiger partial charge is 0.394 e. The molecular weight excluding hydrogens is 462 g/mol. The van der Waals surface area contributed by atoms with Crippen LogP contribution in [0.4, 0.5) is 5.95 Å². The highest BCUT2D eigenvalue weighted by atomic mass is 16.6. The summed E-state index contributed by atoms with van der Waals surface area (Å²) in [5.41, 5.74) is 5.95. The first-order valence-electron chi connectivity index (χ1n) is 11.3. The molecule has 0 bridgehead atoms. The Labute approximate surface area is 203 Å². The van der Waals surface area contributed by atoms with Gasteiger partial charge in [-0.3, -0.25) is 14.3 Å². The Morgan fingerprint density at radius 1 is 1.00 bits per heavy atom. The van der Waals surface area contributed by atoms with Crippen molar-refractivity contribution < 1.29 is 20.1 Å². The van der Waals surface area contributed by atoms with Gasteiger partial charge in [0.15, 0.2) is 23.2 Å². The Morgan fingerprint density at radius 3 is 2.31 bits per heavy atom. The predicted molar refractivity (Wildman–Crippen MR) is 133 cm³/mol. The molecule has 10 heteroatoms. The lowest BCUT2D eigenvalue weighted by molar-refractivity contribution is -0.0514. The van der Waals surface area contributed by atoms with Crippen molar-refractivity contribution in [3.63, 3.8) is 0 Å². The van der Waals surface area contributed by atoms with E-state index in [2.05, 4.69) is 32.9 Å². The monoisotopic (exact) mass is 483 g/mol. The van der Waals surface area contributed by atoms with Crippen molar-refractivity contribution in [3.8, 4) is 11.8 Å². The molecule has 1 saturated heterocycles. The molecular formula is C26H21N5O5. The van der Waals surface area contributed by atoms with E-state index >= 15 is 0 Å². The number of aromatic amines is 1. The second kappa shape index (κ2) is 8.44. The van der Waals surface area contributed by atoms with Crippen LogP contribution >= 0.6 is 0 Å². The van der Waals surface area contributed by atoms with E-state index in [-0.39, 0.29) is 22.9 Å². The molecule has 180 valence electrons. The van der Waals surface area contributed by atoms with E-state index in [9.17, 15) is 20.1 Å². The van der Waals surface area contributed by atoms with E-state index in [1.165, 1.54) is 4.57 Å².